The molecule has 0 amide bonds. The monoisotopic (exact) mass is 138 g/mol. The Balaban J connectivity index is 2.96. The average molecular weight is 138 g/mol. The Kier molecular flexibility index (Phi) is 1.84. The van der Waals surface area contributed by atoms with Gasteiger partial charge in [0.1, 0.15) is 0 Å². The van der Waals surface area contributed by atoms with Crippen molar-refractivity contribution in [3.8, 4) is 0 Å². The van der Waals surface area contributed by atoms with Gasteiger partial charge >= 0.3 is 0 Å². The summed E-state index contributed by atoms with van der Waals surface area (Å²) in [5, 5.41) is 11.1. The van der Waals surface area contributed by atoms with Crippen LogP contribution in [0.2, 0.25) is 0 Å². The van der Waals surface area contributed by atoms with Crippen LogP contribution < -0.4 is 10.7 Å². The Labute approximate surface area is 58.0 Å². The van der Waals surface area contributed by atoms with Gasteiger partial charge in [0, 0.05) is 17.7 Å². The van der Waals surface area contributed by atoms with Crippen LogP contribution in [0.25, 0.3) is 0 Å². The second-order valence-corrected chi connectivity index (χ2v) is 1.77. The minimum atomic E-state index is 0.119. The molecule has 0 atom stereocenters. The van der Waals surface area contributed by atoms with Gasteiger partial charge in [-0.1, -0.05) is 5.16 Å². The molecule has 0 aliphatic carbocycles. The van der Waals surface area contributed by atoms with Gasteiger partial charge in [-0.3, -0.25) is 0 Å². The molecule has 4 heteroatoms. The largest absolute Gasteiger partial charge is 0.409 e. The van der Waals surface area contributed by atoms with Crippen LogP contribution >= 0.6 is 0 Å². The first-order valence-corrected chi connectivity index (χ1v) is 2.78. The number of aromatic amines is 1. The molecule has 0 fully saturated rings. The molecule has 52 valence electrons. The number of aromatic nitrogens is 1. The summed E-state index contributed by atoms with van der Waals surface area (Å²) in [6.07, 6.45) is 3.40. The van der Waals surface area contributed by atoms with Gasteiger partial charge in [0.05, 0.1) is 0 Å². The number of nitrogens with one attached hydrogen (secondary N) is 1. The van der Waals surface area contributed by atoms with Crippen LogP contribution in [0, 0.1) is 0 Å². The van der Waals surface area contributed by atoms with Crippen LogP contribution in [-0.4, -0.2) is 11.0 Å². The molecule has 0 saturated heterocycles. The van der Waals surface area contributed by atoms with E-state index in [1.807, 2.05) is 0 Å². The topological polar surface area (TPSA) is 72.8 Å². The highest BCUT2D eigenvalue weighted by molar-refractivity contribution is 5.96. The van der Waals surface area contributed by atoms with Crippen molar-refractivity contribution in [2.75, 3.05) is 0 Å². The van der Waals surface area contributed by atoms with Crippen LogP contribution in [0.1, 0.15) is 5.56 Å². The van der Waals surface area contributed by atoms with Crippen molar-refractivity contribution in [1.82, 2.24) is 0 Å². The Morgan fingerprint density at radius 1 is 1.50 bits per heavy atom. The molecule has 0 unspecified atom stereocenters. The SMILES string of the molecule is NC(=NO)c1cc[nH+]cc1. The lowest BCUT2D eigenvalue weighted by Crippen LogP contribution is -2.14. The molecule has 1 aromatic heterocycles. The number of amidine groups is 1. The van der Waals surface area contributed by atoms with Crippen molar-refractivity contribution in [3.63, 3.8) is 0 Å². The van der Waals surface area contributed by atoms with Crippen LogP contribution in [0.4, 0.5) is 0 Å². The molecular formula is C6H8N3O+. The molecule has 4 N–H and O–H groups in total. The molecule has 0 spiro atoms. The molecule has 0 saturated carbocycles. The quantitative estimate of drug-likeness (QED) is 0.240. The van der Waals surface area contributed by atoms with E-state index in [4.69, 9.17) is 10.9 Å². The van der Waals surface area contributed by atoms with Crippen molar-refractivity contribution >= 4 is 5.84 Å². The lowest BCUT2D eigenvalue weighted by molar-refractivity contribution is -0.378. The van der Waals surface area contributed by atoms with Crippen LogP contribution in [0.5, 0.6) is 0 Å². The summed E-state index contributed by atoms with van der Waals surface area (Å²) >= 11 is 0. The molecule has 0 aliphatic rings. The number of pyridine rings is 1. The highest BCUT2D eigenvalue weighted by Gasteiger charge is 1.96. The van der Waals surface area contributed by atoms with E-state index < -0.39 is 0 Å². The highest BCUT2D eigenvalue weighted by atomic mass is 16.4. The third kappa shape index (κ3) is 1.22. The van der Waals surface area contributed by atoms with Gasteiger partial charge in [0.2, 0.25) is 0 Å². The van der Waals surface area contributed by atoms with E-state index in [0.29, 0.717) is 5.56 Å². The van der Waals surface area contributed by atoms with Gasteiger partial charge in [-0.05, 0) is 0 Å². The van der Waals surface area contributed by atoms with Gasteiger partial charge < -0.3 is 10.9 Å². The van der Waals surface area contributed by atoms with Crippen LogP contribution in [0.3, 0.4) is 0 Å². The van der Waals surface area contributed by atoms with Gasteiger partial charge in [-0.2, -0.15) is 0 Å². The Bertz CT molecular complexity index is 232. The van der Waals surface area contributed by atoms with E-state index >= 15 is 0 Å². The summed E-state index contributed by atoms with van der Waals surface area (Å²) < 4.78 is 0. The summed E-state index contributed by atoms with van der Waals surface area (Å²) in [6, 6.07) is 3.43. The lowest BCUT2D eigenvalue weighted by atomic mass is 10.2. The molecule has 0 aromatic carbocycles. The Morgan fingerprint density at radius 2 is 2.10 bits per heavy atom. The van der Waals surface area contributed by atoms with E-state index in [1.54, 1.807) is 24.5 Å². The van der Waals surface area contributed by atoms with Crippen molar-refractivity contribution in [2.24, 2.45) is 10.9 Å². The number of oxime groups is 1. The highest BCUT2D eigenvalue weighted by Crippen LogP contribution is 1.91. The predicted octanol–water partition coefficient (Wildman–Crippen LogP) is -0.405. The van der Waals surface area contributed by atoms with Gasteiger partial charge in [-0.15, -0.1) is 0 Å². The molecule has 1 heterocycles. The van der Waals surface area contributed by atoms with E-state index in [0.717, 1.165) is 0 Å². The van der Waals surface area contributed by atoms with Crippen molar-refractivity contribution in [2.45, 2.75) is 0 Å². The van der Waals surface area contributed by atoms with Crippen molar-refractivity contribution in [1.29, 1.82) is 0 Å². The summed E-state index contributed by atoms with van der Waals surface area (Å²) in [5.74, 6) is 0.119. The van der Waals surface area contributed by atoms with Gasteiger partial charge in [0.25, 0.3) is 0 Å². The fourth-order valence-electron chi connectivity index (χ4n) is 0.615. The summed E-state index contributed by atoms with van der Waals surface area (Å²) in [5.41, 5.74) is 5.98. The molecule has 0 bridgehead atoms. The second kappa shape index (κ2) is 2.82. The maximum Gasteiger partial charge on any atom is 0.170 e. The molecule has 1 rings (SSSR count). The molecular weight excluding hydrogens is 130 g/mol. The fourth-order valence-corrected chi connectivity index (χ4v) is 0.615. The standard InChI is InChI=1S/C6H7N3O/c7-6(9-10)5-1-3-8-4-2-5/h1-4,10H,(H2,7,9)/p+1. The van der Waals surface area contributed by atoms with Crippen LogP contribution in [0.15, 0.2) is 29.7 Å². The van der Waals surface area contributed by atoms with Gasteiger partial charge in [-0.25, -0.2) is 4.98 Å². The van der Waals surface area contributed by atoms with Crippen LogP contribution in [-0.2, 0) is 0 Å². The molecule has 10 heavy (non-hydrogen) atoms. The van der Waals surface area contributed by atoms with Crippen molar-refractivity contribution < 1.29 is 10.2 Å². The predicted molar refractivity (Wildman–Crippen MR) is 35.5 cm³/mol. The molecule has 0 radical (unpaired) electrons. The first-order chi connectivity index (χ1) is 4.84. The van der Waals surface area contributed by atoms with Gasteiger partial charge in [0.15, 0.2) is 18.2 Å². The fraction of sp³-hybridized carbons (Fsp3) is 0. The maximum atomic E-state index is 8.24. The smallest absolute Gasteiger partial charge is 0.170 e. The normalized spacial score (nSPS) is 11.4. The number of hydrogen-bond donors (Lipinski definition) is 2. The summed E-state index contributed by atoms with van der Waals surface area (Å²) in [7, 11) is 0. The number of rotatable bonds is 1. The number of hydrogen-bond acceptors (Lipinski definition) is 2. The molecule has 1 aromatic rings. The van der Waals surface area contributed by atoms with E-state index in [9.17, 15) is 0 Å². The first kappa shape index (κ1) is 6.54. The summed E-state index contributed by atoms with van der Waals surface area (Å²) in [6.45, 7) is 0. The zero-order valence-electron chi connectivity index (χ0n) is 5.28. The third-order valence-corrected chi connectivity index (χ3v) is 1.12. The van der Waals surface area contributed by atoms with E-state index in [2.05, 4.69) is 10.1 Å². The number of H-pyrrole nitrogens is 1. The first-order valence-electron chi connectivity index (χ1n) is 2.78. The third-order valence-electron chi connectivity index (χ3n) is 1.12. The Hall–Kier alpha value is -1.58. The molecule has 0 aliphatic heterocycles. The van der Waals surface area contributed by atoms with E-state index in [-0.39, 0.29) is 5.84 Å². The number of nitrogens with zero attached hydrogens (tertiary/aromatic N) is 1. The Morgan fingerprint density at radius 3 is 2.60 bits per heavy atom. The second-order valence-electron chi connectivity index (χ2n) is 1.77. The lowest BCUT2D eigenvalue weighted by Gasteiger charge is -1.91. The van der Waals surface area contributed by atoms with Crippen molar-refractivity contribution in [3.05, 3.63) is 30.1 Å². The maximum absolute atomic E-state index is 8.24. The van der Waals surface area contributed by atoms with E-state index in [1.165, 1.54) is 0 Å². The number of nitrogens with two attached hydrogens (primary N) is 1. The molecule has 4 nitrogen and oxygen atoms in total. The summed E-state index contributed by atoms with van der Waals surface area (Å²) in [4.78, 5) is 2.82. The minimum absolute atomic E-state index is 0.119. The zero-order valence-corrected chi connectivity index (χ0v) is 5.28. The zero-order chi connectivity index (χ0) is 7.40. The minimum Gasteiger partial charge on any atom is -0.409 e. The average Bonchev–Trinajstić information content (AvgIpc) is 2.05.